The molecule has 0 saturated heterocycles. The van der Waals surface area contributed by atoms with E-state index in [0.717, 1.165) is 29.9 Å². The SMILES string of the molecule is CCOc1ccccc1C(=O)N(C)CCCc1cc(-c2ccccc2)no1. The molecule has 0 fully saturated rings. The molecule has 0 N–H and O–H groups in total. The standard InChI is InChI=1S/C22H24N2O3/c1-3-26-21-14-8-7-13-19(21)22(25)24(2)15-9-12-18-16-20(23-27-18)17-10-5-4-6-11-17/h4-8,10-11,13-14,16H,3,9,12,15H2,1-2H3. The molecule has 0 aliphatic rings. The van der Waals surface area contributed by atoms with Gasteiger partial charge in [0.2, 0.25) is 0 Å². The van der Waals surface area contributed by atoms with Gasteiger partial charge in [0.15, 0.2) is 0 Å². The van der Waals surface area contributed by atoms with Crippen molar-refractivity contribution in [1.82, 2.24) is 10.1 Å². The molecule has 0 aliphatic carbocycles. The Kier molecular flexibility index (Phi) is 6.26. The zero-order valence-electron chi connectivity index (χ0n) is 15.7. The maximum absolute atomic E-state index is 12.7. The normalized spacial score (nSPS) is 10.6. The summed E-state index contributed by atoms with van der Waals surface area (Å²) in [7, 11) is 1.81. The molecule has 140 valence electrons. The van der Waals surface area contributed by atoms with Crippen LogP contribution < -0.4 is 4.74 Å². The van der Waals surface area contributed by atoms with Crippen molar-refractivity contribution in [3.63, 3.8) is 0 Å². The second-order valence-corrected chi connectivity index (χ2v) is 6.30. The minimum Gasteiger partial charge on any atom is -0.493 e. The van der Waals surface area contributed by atoms with Gasteiger partial charge in [-0.1, -0.05) is 47.6 Å². The summed E-state index contributed by atoms with van der Waals surface area (Å²) in [6.45, 7) is 3.07. The maximum atomic E-state index is 12.7. The van der Waals surface area contributed by atoms with Crippen molar-refractivity contribution >= 4 is 5.91 Å². The largest absolute Gasteiger partial charge is 0.493 e. The zero-order valence-corrected chi connectivity index (χ0v) is 15.7. The van der Waals surface area contributed by atoms with E-state index in [0.29, 0.717) is 24.5 Å². The van der Waals surface area contributed by atoms with Gasteiger partial charge in [0.25, 0.3) is 5.91 Å². The van der Waals surface area contributed by atoms with Gasteiger partial charge in [-0.3, -0.25) is 4.79 Å². The third-order valence-corrected chi connectivity index (χ3v) is 4.31. The molecule has 5 heteroatoms. The first-order chi connectivity index (χ1) is 13.2. The Balaban J connectivity index is 1.55. The molecule has 3 rings (SSSR count). The molecule has 3 aromatic rings. The molecule has 0 unspecified atom stereocenters. The number of para-hydroxylation sites is 1. The summed E-state index contributed by atoms with van der Waals surface area (Å²) < 4.78 is 11.0. The van der Waals surface area contributed by atoms with Crippen molar-refractivity contribution in [2.75, 3.05) is 20.2 Å². The van der Waals surface area contributed by atoms with Crippen LogP contribution in [0.1, 0.15) is 29.5 Å². The van der Waals surface area contributed by atoms with Crippen molar-refractivity contribution in [2.45, 2.75) is 19.8 Å². The van der Waals surface area contributed by atoms with Crippen LogP contribution in [0.4, 0.5) is 0 Å². The highest BCUT2D eigenvalue weighted by atomic mass is 16.5. The van der Waals surface area contributed by atoms with Crippen LogP contribution in [-0.2, 0) is 6.42 Å². The Morgan fingerprint density at radius 2 is 1.85 bits per heavy atom. The molecular formula is C22H24N2O3. The van der Waals surface area contributed by atoms with Gasteiger partial charge >= 0.3 is 0 Å². The number of carbonyl (C=O) groups excluding carboxylic acids is 1. The molecule has 2 aromatic carbocycles. The van der Waals surface area contributed by atoms with Gasteiger partial charge in [0, 0.05) is 31.6 Å². The Labute approximate surface area is 159 Å². The summed E-state index contributed by atoms with van der Waals surface area (Å²) in [5.74, 6) is 1.41. The van der Waals surface area contributed by atoms with E-state index in [1.165, 1.54) is 0 Å². The summed E-state index contributed by atoms with van der Waals surface area (Å²) in [5, 5.41) is 4.13. The molecule has 0 atom stereocenters. The summed E-state index contributed by atoms with van der Waals surface area (Å²) in [6.07, 6.45) is 1.52. The topological polar surface area (TPSA) is 55.6 Å². The second kappa shape index (κ2) is 9.03. The van der Waals surface area contributed by atoms with Gasteiger partial charge in [-0.05, 0) is 25.5 Å². The molecule has 1 heterocycles. The number of carbonyl (C=O) groups is 1. The zero-order chi connectivity index (χ0) is 19.1. The number of ether oxygens (including phenoxy) is 1. The highest BCUT2D eigenvalue weighted by Crippen LogP contribution is 2.21. The fraction of sp³-hybridized carbons (Fsp3) is 0.273. The Morgan fingerprint density at radius 1 is 1.11 bits per heavy atom. The fourth-order valence-electron chi connectivity index (χ4n) is 2.90. The van der Waals surface area contributed by atoms with E-state index < -0.39 is 0 Å². The lowest BCUT2D eigenvalue weighted by atomic mass is 10.1. The van der Waals surface area contributed by atoms with Crippen LogP contribution in [0.2, 0.25) is 0 Å². The van der Waals surface area contributed by atoms with Crippen LogP contribution in [0, 0.1) is 0 Å². The Bertz CT molecular complexity index is 874. The molecule has 1 amide bonds. The number of nitrogens with zero attached hydrogens (tertiary/aromatic N) is 2. The first-order valence-electron chi connectivity index (χ1n) is 9.17. The van der Waals surface area contributed by atoms with E-state index in [-0.39, 0.29) is 5.91 Å². The molecule has 27 heavy (non-hydrogen) atoms. The van der Waals surface area contributed by atoms with E-state index in [1.807, 2.05) is 61.5 Å². The predicted molar refractivity (Wildman–Crippen MR) is 105 cm³/mol. The lowest BCUT2D eigenvalue weighted by Crippen LogP contribution is -2.28. The first-order valence-corrected chi connectivity index (χ1v) is 9.17. The number of benzene rings is 2. The van der Waals surface area contributed by atoms with Crippen LogP contribution in [0.15, 0.2) is 65.2 Å². The monoisotopic (exact) mass is 364 g/mol. The number of hydrogen-bond donors (Lipinski definition) is 0. The maximum Gasteiger partial charge on any atom is 0.257 e. The van der Waals surface area contributed by atoms with Gasteiger partial charge in [0.05, 0.1) is 12.2 Å². The molecule has 0 spiro atoms. The molecule has 1 aromatic heterocycles. The average molecular weight is 364 g/mol. The van der Waals surface area contributed by atoms with E-state index in [4.69, 9.17) is 9.26 Å². The van der Waals surface area contributed by atoms with Crippen LogP contribution in [-0.4, -0.2) is 36.2 Å². The molecule has 0 bridgehead atoms. The van der Waals surface area contributed by atoms with Crippen molar-refractivity contribution in [3.8, 4) is 17.0 Å². The van der Waals surface area contributed by atoms with Crippen LogP contribution in [0.3, 0.4) is 0 Å². The Hall–Kier alpha value is -3.08. The summed E-state index contributed by atoms with van der Waals surface area (Å²) in [4.78, 5) is 14.4. The second-order valence-electron chi connectivity index (χ2n) is 6.30. The number of aromatic nitrogens is 1. The van der Waals surface area contributed by atoms with Gasteiger partial charge in [-0.2, -0.15) is 0 Å². The summed E-state index contributed by atoms with van der Waals surface area (Å²) >= 11 is 0. The first kappa shape index (κ1) is 18.7. The Morgan fingerprint density at radius 3 is 2.63 bits per heavy atom. The van der Waals surface area contributed by atoms with Crippen LogP contribution in [0.5, 0.6) is 5.75 Å². The highest BCUT2D eigenvalue weighted by Gasteiger charge is 2.16. The third-order valence-electron chi connectivity index (χ3n) is 4.31. The van der Waals surface area contributed by atoms with Gasteiger partial charge in [-0.25, -0.2) is 0 Å². The molecule has 0 aliphatic heterocycles. The van der Waals surface area contributed by atoms with E-state index in [9.17, 15) is 4.79 Å². The molecule has 0 saturated carbocycles. The quantitative estimate of drug-likeness (QED) is 0.593. The van der Waals surface area contributed by atoms with Crippen molar-refractivity contribution in [3.05, 3.63) is 72.0 Å². The van der Waals surface area contributed by atoms with Gasteiger partial charge < -0.3 is 14.2 Å². The van der Waals surface area contributed by atoms with Crippen molar-refractivity contribution < 1.29 is 14.1 Å². The van der Waals surface area contributed by atoms with E-state index in [1.54, 1.807) is 18.0 Å². The smallest absolute Gasteiger partial charge is 0.257 e. The van der Waals surface area contributed by atoms with E-state index >= 15 is 0 Å². The number of hydrogen-bond acceptors (Lipinski definition) is 4. The molecular weight excluding hydrogens is 340 g/mol. The lowest BCUT2D eigenvalue weighted by Gasteiger charge is -2.18. The summed E-state index contributed by atoms with van der Waals surface area (Å²) in [6, 6.07) is 19.2. The lowest BCUT2D eigenvalue weighted by molar-refractivity contribution is 0.0788. The van der Waals surface area contributed by atoms with Gasteiger partial charge in [0.1, 0.15) is 17.2 Å². The predicted octanol–water partition coefficient (Wildman–Crippen LogP) is 4.45. The number of rotatable bonds is 8. The van der Waals surface area contributed by atoms with Crippen molar-refractivity contribution in [2.24, 2.45) is 0 Å². The number of aryl methyl sites for hydroxylation is 1. The molecule has 5 nitrogen and oxygen atoms in total. The van der Waals surface area contributed by atoms with Gasteiger partial charge in [-0.15, -0.1) is 0 Å². The van der Waals surface area contributed by atoms with Crippen LogP contribution in [0.25, 0.3) is 11.3 Å². The van der Waals surface area contributed by atoms with E-state index in [2.05, 4.69) is 5.16 Å². The van der Waals surface area contributed by atoms with Crippen molar-refractivity contribution in [1.29, 1.82) is 0 Å². The minimum absolute atomic E-state index is 0.0402. The third kappa shape index (κ3) is 4.76. The fourth-order valence-corrected chi connectivity index (χ4v) is 2.90. The minimum atomic E-state index is -0.0402. The number of amides is 1. The molecule has 0 radical (unpaired) electrons. The van der Waals surface area contributed by atoms with Crippen LogP contribution >= 0.6 is 0 Å². The highest BCUT2D eigenvalue weighted by molar-refractivity contribution is 5.96. The summed E-state index contributed by atoms with van der Waals surface area (Å²) in [5.41, 5.74) is 2.46. The average Bonchev–Trinajstić information content (AvgIpc) is 3.18.